The highest BCUT2D eigenvalue weighted by Crippen LogP contribution is 2.32. The lowest BCUT2D eigenvalue weighted by atomic mass is 10.1. The SMILES string of the molecule is O=C(N/N=C\c1ccc(-c2cc([N+](=O)[O-])ccc2Cl)o1)c1ccc(N2CCCC2)cc1. The van der Waals surface area contributed by atoms with Crippen LogP contribution in [0.3, 0.4) is 0 Å². The molecule has 0 radical (unpaired) electrons. The van der Waals surface area contributed by atoms with Crippen LogP contribution in [0.25, 0.3) is 11.3 Å². The van der Waals surface area contributed by atoms with Crippen molar-refractivity contribution in [1.29, 1.82) is 0 Å². The lowest BCUT2D eigenvalue weighted by Gasteiger charge is -2.17. The number of nitrogens with zero attached hydrogens (tertiary/aromatic N) is 3. The third-order valence-corrected chi connectivity index (χ3v) is 5.34. The van der Waals surface area contributed by atoms with Gasteiger partial charge in [-0.05, 0) is 55.3 Å². The second-order valence-corrected chi connectivity index (χ2v) is 7.47. The Kier molecular flexibility index (Phi) is 5.99. The van der Waals surface area contributed by atoms with Crippen molar-refractivity contribution in [2.75, 3.05) is 18.0 Å². The van der Waals surface area contributed by atoms with Gasteiger partial charge in [-0.15, -0.1) is 0 Å². The van der Waals surface area contributed by atoms with E-state index in [9.17, 15) is 14.9 Å². The van der Waals surface area contributed by atoms with E-state index in [1.165, 1.54) is 37.3 Å². The first-order chi connectivity index (χ1) is 15.0. The highest BCUT2D eigenvalue weighted by Gasteiger charge is 2.15. The van der Waals surface area contributed by atoms with Gasteiger partial charge in [0.2, 0.25) is 0 Å². The van der Waals surface area contributed by atoms with Crippen molar-refractivity contribution >= 4 is 35.1 Å². The molecule has 2 aromatic carbocycles. The highest BCUT2D eigenvalue weighted by molar-refractivity contribution is 6.33. The summed E-state index contributed by atoms with van der Waals surface area (Å²) < 4.78 is 5.63. The zero-order chi connectivity index (χ0) is 21.8. The fourth-order valence-electron chi connectivity index (χ4n) is 3.40. The van der Waals surface area contributed by atoms with Crippen LogP contribution in [0.4, 0.5) is 11.4 Å². The molecule has 1 aromatic heterocycles. The molecule has 31 heavy (non-hydrogen) atoms. The van der Waals surface area contributed by atoms with Gasteiger partial charge < -0.3 is 9.32 Å². The first kappa shape index (κ1) is 20.6. The molecule has 0 saturated carbocycles. The summed E-state index contributed by atoms with van der Waals surface area (Å²) in [5, 5.41) is 15.2. The number of carbonyl (C=O) groups excluding carboxylic acids is 1. The molecular formula is C22H19ClN4O4. The number of rotatable bonds is 6. The number of carbonyl (C=O) groups is 1. The van der Waals surface area contributed by atoms with Crippen LogP contribution < -0.4 is 10.3 Å². The van der Waals surface area contributed by atoms with E-state index >= 15 is 0 Å². The van der Waals surface area contributed by atoms with Crippen LogP contribution in [-0.4, -0.2) is 30.1 Å². The summed E-state index contributed by atoms with van der Waals surface area (Å²) in [6, 6.07) is 14.8. The summed E-state index contributed by atoms with van der Waals surface area (Å²) in [6.07, 6.45) is 3.74. The van der Waals surface area contributed by atoms with Gasteiger partial charge in [0, 0.05) is 42.0 Å². The van der Waals surface area contributed by atoms with Crippen molar-refractivity contribution in [3.05, 3.63) is 81.1 Å². The Morgan fingerprint density at radius 1 is 1.13 bits per heavy atom. The maximum absolute atomic E-state index is 12.3. The molecule has 0 spiro atoms. The third-order valence-electron chi connectivity index (χ3n) is 5.01. The van der Waals surface area contributed by atoms with Crippen molar-refractivity contribution in [3.63, 3.8) is 0 Å². The summed E-state index contributed by atoms with van der Waals surface area (Å²) in [4.78, 5) is 25.1. The van der Waals surface area contributed by atoms with Crippen LogP contribution in [0.2, 0.25) is 5.02 Å². The molecule has 1 saturated heterocycles. The van der Waals surface area contributed by atoms with E-state index in [-0.39, 0.29) is 11.6 Å². The zero-order valence-electron chi connectivity index (χ0n) is 16.5. The van der Waals surface area contributed by atoms with E-state index in [4.69, 9.17) is 16.0 Å². The minimum atomic E-state index is -0.502. The second-order valence-electron chi connectivity index (χ2n) is 7.06. The molecule has 1 aliphatic rings. The van der Waals surface area contributed by atoms with Crippen molar-refractivity contribution in [2.45, 2.75) is 12.8 Å². The molecule has 0 bridgehead atoms. The van der Waals surface area contributed by atoms with Gasteiger partial charge in [-0.1, -0.05) is 11.6 Å². The molecule has 2 heterocycles. The molecule has 0 aliphatic carbocycles. The molecule has 8 nitrogen and oxygen atoms in total. The maximum atomic E-state index is 12.3. The topological polar surface area (TPSA) is 101 Å². The molecule has 1 amide bonds. The van der Waals surface area contributed by atoms with Crippen LogP contribution in [0.5, 0.6) is 0 Å². The fourth-order valence-corrected chi connectivity index (χ4v) is 3.61. The second kappa shape index (κ2) is 9.01. The first-order valence-electron chi connectivity index (χ1n) is 9.74. The largest absolute Gasteiger partial charge is 0.455 e. The number of benzene rings is 2. The van der Waals surface area contributed by atoms with Crippen LogP contribution in [0.15, 0.2) is 64.1 Å². The summed E-state index contributed by atoms with van der Waals surface area (Å²) in [6.45, 7) is 2.09. The number of nitrogens with one attached hydrogen (secondary N) is 1. The van der Waals surface area contributed by atoms with Gasteiger partial charge >= 0.3 is 0 Å². The quantitative estimate of drug-likeness (QED) is 0.336. The fraction of sp³-hybridized carbons (Fsp3) is 0.182. The van der Waals surface area contributed by atoms with Crippen LogP contribution in [-0.2, 0) is 0 Å². The zero-order valence-corrected chi connectivity index (χ0v) is 17.2. The molecule has 9 heteroatoms. The van der Waals surface area contributed by atoms with Crippen LogP contribution in [0, 0.1) is 10.1 Å². The Morgan fingerprint density at radius 3 is 2.58 bits per heavy atom. The van der Waals surface area contributed by atoms with Crippen molar-refractivity contribution in [3.8, 4) is 11.3 Å². The van der Waals surface area contributed by atoms with E-state index in [1.54, 1.807) is 24.3 Å². The molecule has 3 aromatic rings. The summed E-state index contributed by atoms with van der Waals surface area (Å²) in [5.74, 6) is 0.388. The first-order valence-corrected chi connectivity index (χ1v) is 10.1. The normalized spacial score (nSPS) is 13.6. The number of nitro groups is 1. The molecule has 0 unspecified atom stereocenters. The lowest BCUT2D eigenvalue weighted by Crippen LogP contribution is -2.19. The number of anilines is 1. The lowest BCUT2D eigenvalue weighted by molar-refractivity contribution is -0.384. The number of halogens is 1. The third kappa shape index (κ3) is 4.75. The number of non-ortho nitro benzene ring substituents is 1. The summed E-state index contributed by atoms with van der Waals surface area (Å²) >= 11 is 6.13. The maximum Gasteiger partial charge on any atom is 0.271 e. The van der Waals surface area contributed by atoms with Crippen molar-refractivity contribution in [1.82, 2.24) is 5.43 Å². The predicted octanol–water partition coefficient (Wildman–Crippen LogP) is 4.87. The molecule has 1 aliphatic heterocycles. The van der Waals surface area contributed by atoms with E-state index in [2.05, 4.69) is 15.4 Å². The standard InChI is InChI=1S/C22H19ClN4O4/c23-20-9-7-17(27(29)30)13-19(20)21-10-8-18(31-21)14-24-25-22(28)15-3-5-16(6-4-15)26-11-1-2-12-26/h3-10,13-14H,1-2,11-12H2,(H,25,28)/b24-14-. The average Bonchev–Trinajstić information content (AvgIpc) is 3.46. The van der Waals surface area contributed by atoms with Gasteiger partial charge in [0.05, 0.1) is 16.2 Å². The van der Waals surface area contributed by atoms with E-state index in [0.717, 1.165) is 18.8 Å². The molecule has 158 valence electrons. The Balaban J connectivity index is 1.40. The van der Waals surface area contributed by atoms with Gasteiger partial charge in [-0.2, -0.15) is 5.10 Å². The van der Waals surface area contributed by atoms with Crippen molar-refractivity contribution < 1.29 is 14.1 Å². The number of amides is 1. The smallest absolute Gasteiger partial charge is 0.271 e. The average molecular weight is 439 g/mol. The minimum Gasteiger partial charge on any atom is -0.455 e. The summed E-state index contributed by atoms with van der Waals surface area (Å²) in [7, 11) is 0. The van der Waals surface area contributed by atoms with E-state index in [0.29, 0.717) is 27.7 Å². The highest BCUT2D eigenvalue weighted by atomic mass is 35.5. The van der Waals surface area contributed by atoms with E-state index < -0.39 is 4.92 Å². The van der Waals surface area contributed by atoms with Gasteiger partial charge in [0.15, 0.2) is 0 Å². The number of nitro benzene ring substituents is 1. The molecular weight excluding hydrogens is 420 g/mol. The molecule has 1 N–H and O–H groups in total. The monoisotopic (exact) mass is 438 g/mol. The van der Waals surface area contributed by atoms with Gasteiger partial charge in [0.25, 0.3) is 11.6 Å². The molecule has 4 rings (SSSR count). The Bertz CT molecular complexity index is 1130. The van der Waals surface area contributed by atoms with Gasteiger partial charge in [-0.25, -0.2) is 5.43 Å². The Hall–Kier alpha value is -3.65. The number of furan rings is 1. The molecule has 1 fully saturated rings. The number of hydrogen-bond acceptors (Lipinski definition) is 6. The van der Waals surface area contributed by atoms with Crippen LogP contribution >= 0.6 is 11.6 Å². The number of hydrogen-bond donors (Lipinski definition) is 1. The van der Waals surface area contributed by atoms with Crippen molar-refractivity contribution in [2.24, 2.45) is 5.10 Å². The summed E-state index contributed by atoms with van der Waals surface area (Å²) in [5.41, 5.74) is 4.39. The van der Waals surface area contributed by atoms with E-state index in [1.807, 2.05) is 12.1 Å². The number of hydrazone groups is 1. The van der Waals surface area contributed by atoms with Gasteiger partial charge in [-0.3, -0.25) is 14.9 Å². The Labute approximate surface area is 183 Å². The Morgan fingerprint density at radius 2 is 1.87 bits per heavy atom. The van der Waals surface area contributed by atoms with Crippen LogP contribution in [0.1, 0.15) is 29.0 Å². The minimum absolute atomic E-state index is 0.0889. The predicted molar refractivity (Wildman–Crippen MR) is 119 cm³/mol. The van der Waals surface area contributed by atoms with Gasteiger partial charge in [0.1, 0.15) is 11.5 Å². The molecule has 0 atom stereocenters.